The van der Waals surface area contributed by atoms with Crippen molar-refractivity contribution in [2.75, 3.05) is 18.4 Å². The zero-order chi connectivity index (χ0) is 19.7. The quantitative estimate of drug-likeness (QED) is 0.716. The Kier molecular flexibility index (Phi) is 4.85. The molecule has 146 valence electrons. The number of fused-ring (bicyclic) bond motifs is 1. The summed E-state index contributed by atoms with van der Waals surface area (Å²) in [6, 6.07) is 11.4. The Labute approximate surface area is 161 Å². The molecule has 3 aromatic rings. The van der Waals surface area contributed by atoms with Gasteiger partial charge in [-0.2, -0.15) is 5.10 Å². The fourth-order valence-corrected chi connectivity index (χ4v) is 3.72. The van der Waals surface area contributed by atoms with E-state index in [1.54, 1.807) is 18.5 Å². The molecule has 1 fully saturated rings. The highest BCUT2D eigenvalue weighted by molar-refractivity contribution is 6.03. The SMILES string of the molecule is Cc1ccc2cccc(NC(=O)C3CN(Cc4cn[nH]c4)CCC3(F)F)c2c1. The van der Waals surface area contributed by atoms with Gasteiger partial charge in [-0.1, -0.05) is 29.8 Å². The molecule has 1 saturated heterocycles. The molecule has 1 aliphatic heterocycles. The molecule has 0 radical (unpaired) electrons. The summed E-state index contributed by atoms with van der Waals surface area (Å²) < 4.78 is 29.1. The topological polar surface area (TPSA) is 61.0 Å². The van der Waals surface area contributed by atoms with Crippen LogP contribution < -0.4 is 5.32 Å². The Balaban J connectivity index is 1.55. The van der Waals surface area contributed by atoms with Crippen LogP contribution in [0.15, 0.2) is 48.8 Å². The molecule has 1 aromatic heterocycles. The van der Waals surface area contributed by atoms with Gasteiger partial charge in [0.15, 0.2) is 0 Å². The summed E-state index contributed by atoms with van der Waals surface area (Å²) in [5.74, 6) is -5.07. The third kappa shape index (κ3) is 3.75. The minimum atomic E-state index is -3.03. The minimum Gasteiger partial charge on any atom is -0.325 e. The number of aromatic amines is 1. The predicted octanol–water partition coefficient (Wildman–Crippen LogP) is 3.97. The van der Waals surface area contributed by atoms with E-state index in [1.165, 1.54) is 0 Å². The number of alkyl halides is 2. The van der Waals surface area contributed by atoms with Gasteiger partial charge in [0.25, 0.3) is 5.92 Å². The third-order valence-corrected chi connectivity index (χ3v) is 5.28. The lowest BCUT2D eigenvalue weighted by Gasteiger charge is -2.37. The lowest BCUT2D eigenvalue weighted by atomic mass is 9.92. The number of likely N-dealkylation sites (tertiary alicyclic amines) is 1. The zero-order valence-electron chi connectivity index (χ0n) is 15.6. The Morgan fingerprint density at radius 2 is 2.21 bits per heavy atom. The number of carbonyl (C=O) groups is 1. The van der Waals surface area contributed by atoms with Crippen LogP contribution >= 0.6 is 0 Å². The van der Waals surface area contributed by atoms with E-state index in [0.29, 0.717) is 12.2 Å². The molecule has 1 aliphatic rings. The van der Waals surface area contributed by atoms with E-state index in [9.17, 15) is 13.6 Å². The minimum absolute atomic E-state index is 0.00775. The first-order valence-corrected chi connectivity index (χ1v) is 9.30. The van der Waals surface area contributed by atoms with Gasteiger partial charge in [-0.3, -0.25) is 14.8 Å². The van der Waals surface area contributed by atoms with Crippen LogP contribution in [0.25, 0.3) is 10.8 Å². The van der Waals surface area contributed by atoms with E-state index in [1.807, 2.05) is 42.2 Å². The van der Waals surface area contributed by atoms with Gasteiger partial charge in [-0.05, 0) is 24.4 Å². The van der Waals surface area contributed by atoms with Gasteiger partial charge in [0.2, 0.25) is 5.91 Å². The maximum Gasteiger partial charge on any atom is 0.262 e. The zero-order valence-corrected chi connectivity index (χ0v) is 15.6. The van der Waals surface area contributed by atoms with Crippen LogP contribution in [-0.2, 0) is 11.3 Å². The number of hydrogen-bond donors (Lipinski definition) is 2. The third-order valence-electron chi connectivity index (χ3n) is 5.28. The van der Waals surface area contributed by atoms with Crippen LogP contribution in [0.5, 0.6) is 0 Å². The van der Waals surface area contributed by atoms with Crippen LogP contribution in [0.1, 0.15) is 17.5 Å². The van der Waals surface area contributed by atoms with Gasteiger partial charge in [0.1, 0.15) is 5.92 Å². The van der Waals surface area contributed by atoms with Gasteiger partial charge < -0.3 is 5.32 Å². The number of carbonyl (C=O) groups excluding carboxylic acids is 1. The van der Waals surface area contributed by atoms with Crippen LogP contribution in [0.4, 0.5) is 14.5 Å². The van der Waals surface area contributed by atoms with Crippen molar-refractivity contribution in [2.24, 2.45) is 5.92 Å². The standard InChI is InChI=1S/C21H22F2N4O/c1-14-5-6-16-3-2-4-19(17(16)9-14)26-20(28)18-13-27(8-7-21(18,22)23)12-15-10-24-25-11-15/h2-6,9-11,18H,7-8,12-13H2,1H3,(H,24,25)(H,26,28). The summed E-state index contributed by atoms with van der Waals surface area (Å²) >= 11 is 0. The molecule has 1 amide bonds. The second-order valence-corrected chi connectivity index (χ2v) is 7.42. The highest BCUT2D eigenvalue weighted by Crippen LogP contribution is 2.35. The Bertz CT molecular complexity index is 987. The van der Waals surface area contributed by atoms with Gasteiger partial charge in [0.05, 0.1) is 6.20 Å². The Morgan fingerprint density at radius 1 is 1.36 bits per heavy atom. The number of aromatic nitrogens is 2. The van der Waals surface area contributed by atoms with Gasteiger partial charge in [-0.25, -0.2) is 8.78 Å². The average molecular weight is 384 g/mol. The maximum absolute atomic E-state index is 14.5. The van der Waals surface area contributed by atoms with Crippen LogP contribution in [-0.4, -0.2) is 40.0 Å². The largest absolute Gasteiger partial charge is 0.325 e. The molecule has 4 rings (SSSR count). The van der Waals surface area contributed by atoms with E-state index in [-0.39, 0.29) is 19.5 Å². The van der Waals surface area contributed by atoms with E-state index in [2.05, 4.69) is 15.5 Å². The summed E-state index contributed by atoms with van der Waals surface area (Å²) in [5, 5.41) is 11.2. The molecular formula is C21H22F2N4O. The molecule has 5 nitrogen and oxygen atoms in total. The number of nitrogens with zero attached hydrogens (tertiary/aromatic N) is 2. The number of aryl methyl sites for hydroxylation is 1. The Hall–Kier alpha value is -2.80. The second kappa shape index (κ2) is 7.31. The highest BCUT2D eigenvalue weighted by atomic mass is 19.3. The highest BCUT2D eigenvalue weighted by Gasteiger charge is 2.48. The smallest absolute Gasteiger partial charge is 0.262 e. The number of piperidine rings is 1. The number of benzene rings is 2. The number of hydrogen-bond acceptors (Lipinski definition) is 3. The molecule has 28 heavy (non-hydrogen) atoms. The van der Waals surface area contributed by atoms with Crippen LogP contribution in [0, 0.1) is 12.8 Å². The van der Waals surface area contributed by atoms with E-state index in [0.717, 1.165) is 21.9 Å². The number of halogens is 2. The van der Waals surface area contributed by atoms with Crippen molar-refractivity contribution >= 4 is 22.4 Å². The van der Waals surface area contributed by atoms with Crippen LogP contribution in [0.2, 0.25) is 0 Å². The molecule has 0 aliphatic carbocycles. The molecule has 0 saturated carbocycles. The number of anilines is 1. The average Bonchev–Trinajstić information content (AvgIpc) is 3.16. The predicted molar refractivity (Wildman–Crippen MR) is 104 cm³/mol. The normalized spacial score (nSPS) is 19.6. The summed E-state index contributed by atoms with van der Waals surface area (Å²) in [7, 11) is 0. The molecule has 1 atom stereocenters. The first kappa shape index (κ1) is 18.6. The molecule has 2 aromatic carbocycles. The van der Waals surface area contributed by atoms with E-state index in [4.69, 9.17) is 0 Å². The van der Waals surface area contributed by atoms with Crippen molar-refractivity contribution < 1.29 is 13.6 Å². The molecular weight excluding hydrogens is 362 g/mol. The summed E-state index contributed by atoms with van der Waals surface area (Å²) in [5.41, 5.74) is 2.52. The number of nitrogens with one attached hydrogen (secondary N) is 2. The lowest BCUT2D eigenvalue weighted by molar-refractivity contribution is -0.145. The molecule has 7 heteroatoms. The Morgan fingerprint density at radius 3 is 3.00 bits per heavy atom. The van der Waals surface area contributed by atoms with Crippen molar-refractivity contribution in [3.63, 3.8) is 0 Å². The second-order valence-electron chi connectivity index (χ2n) is 7.42. The van der Waals surface area contributed by atoms with Crippen molar-refractivity contribution in [3.8, 4) is 0 Å². The summed E-state index contributed by atoms with van der Waals surface area (Å²) in [6.45, 7) is 2.70. The van der Waals surface area contributed by atoms with Crippen molar-refractivity contribution in [3.05, 3.63) is 59.9 Å². The fraction of sp³-hybridized carbons (Fsp3) is 0.333. The molecule has 0 spiro atoms. The molecule has 1 unspecified atom stereocenters. The van der Waals surface area contributed by atoms with Gasteiger partial charge >= 0.3 is 0 Å². The molecule has 2 heterocycles. The molecule has 0 bridgehead atoms. The summed E-state index contributed by atoms with van der Waals surface area (Å²) in [6.07, 6.45) is 3.07. The number of amides is 1. The monoisotopic (exact) mass is 384 g/mol. The first-order chi connectivity index (χ1) is 13.4. The summed E-state index contributed by atoms with van der Waals surface area (Å²) in [4.78, 5) is 14.7. The number of H-pyrrole nitrogens is 1. The number of rotatable bonds is 4. The maximum atomic E-state index is 14.5. The van der Waals surface area contributed by atoms with Crippen LogP contribution in [0.3, 0.4) is 0 Å². The van der Waals surface area contributed by atoms with Crippen molar-refractivity contribution in [1.82, 2.24) is 15.1 Å². The fourth-order valence-electron chi connectivity index (χ4n) is 3.72. The first-order valence-electron chi connectivity index (χ1n) is 9.30. The van der Waals surface area contributed by atoms with E-state index >= 15 is 0 Å². The van der Waals surface area contributed by atoms with Gasteiger partial charge in [0, 0.05) is 48.9 Å². The molecule has 2 N–H and O–H groups in total. The van der Waals surface area contributed by atoms with Crippen molar-refractivity contribution in [2.45, 2.75) is 25.8 Å². The van der Waals surface area contributed by atoms with E-state index < -0.39 is 17.7 Å². The lowest BCUT2D eigenvalue weighted by Crippen LogP contribution is -2.51. The van der Waals surface area contributed by atoms with Crippen molar-refractivity contribution in [1.29, 1.82) is 0 Å². The van der Waals surface area contributed by atoms with Gasteiger partial charge in [-0.15, -0.1) is 0 Å².